The molecule has 112 valence electrons. The zero-order valence-electron chi connectivity index (χ0n) is 12.4. The molecular formula is C16H25FN2O. The average Bonchev–Trinajstić information content (AvgIpc) is 2.48. The first-order valence-corrected chi connectivity index (χ1v) is 7.30. The highest BCUT2D eigenvalue weighted by atomic mass is 19.1. The molecule has 0 saturated carbocycles. The van der Waals surface area contributed by atoms with Crippen molar-refractivity contribution in [3.8, 4) is 0 Å². The maximum Gasteiger partial charge on any atom is 0.127 e. The molecular weight excluding hydrogens is 255 g/mol. The predicted molar refractivity (Wildman–Crippen MR) is 79.0 cm³/mol. The fourth-order valence-electron chi connectivity index (χ4n) is 2.98. The second-order valence-corrected chi connectivity index (χ2v) is 5.97. The lowest BCUT2D eigenvalue weighted by atomic mass is 9.81. The number of ether oxygens (including phenoxy) is 1. The summed E-state index contributed by atoms with van der Waals surface area (Å²) >= 11 is 0. The Kier molecular flexibility index (Phi) is 5.13. The Bertz CT molecular complexity index is 432. The molecule has 0 bridgehead atoms. The third-order valence-corrected chi connectivity index (χ3v) is 4.44. The van der Waals surface area contributed by atoms with E-state index in [9.17, 15) is 4.39 Å². The van der Waals surface area contributed by atoms with E-state index in [1.165, 1.54) is 6.07 Å². The van der Waals surface area contributed by atoms with Crippen LogP contribution in [0.1, 0.15) is 31.4 Å². The second-order valence-electron chi connectivity index (χ2n) is 5.97. The van der Waals surface area contributed by atoms with Crippen LogP contribution in [0.15, 0.2) is 24.3 Å². The largest absolute Gasteiger partial charge is 0.381 e. The number of nitrogens with two attached hydrogens (primary N) is 1. The molecule has 1 aliphatic rings. The molecule has 1 aromatic carbocycles. The predicted octanol–water partition coefficient (Wildman–Crippen LogP) is 2.57. The second kappa shape index (κ2) is 6.66. The summed E-state index contributed by atoms with van der Waals surface area (Å²) in [6, 6.07) is 7.00. The van der Waals surface area contributed by atoms with Gasteiger partial charge >= 0.3 is 0 Å². The van der Waals surface area contributed by atoms with Crippen LogP contribution in [-0.4, -0.2) is 38.3 Å². The topological polar surface area (TPSA) is 38.5 Å². The van der Waals surface area contributed by atoms with Gasteiger partial charge in [-0.3, -0.25) is 4.90 Å². The van der Waals surface area contributed by atoms with Crippen molar-refractivity contribution in [2.45, 2.75) is 25.8 Å². The van der Waals surface area contributed by atoms with Crippen molar-refractivity contribution in [2.75, 3.05) is 33.4 Å². The molecule has 1 heterocycles. The first-order valence-electron chi connectivity index (χ1n) is 7.30. The zero-order valence-corrected chi connectivity index (χ0v) is 12.4. The van der Waals surface area contributed by atoms with Gasteiger partial charge in [0.15, 0.2) is 0 Å². The number of hydrogen-bond acceptors (Lipinski definition) is 3. The number of rotatable bonds is 5. The maximum absolute atomic E-state index is 13.9. The highest BCUT2D eigenvalue weighted by Gasteiger charge is 2.34. The van der Waals surface area contributed by atoms with Gasteiger partial charge in [0.2, 0.25) is 0 Å². The molecule has 2 unspecified atom stereocenters. The van der Waals surface area contributed by atoms with Crippen molar-refractivity contribution < 1.29 is 9.13 Å². The summed E-state index contributed by atoms with van der Waals surface area (Å²) in [4.78, 5) is 2.18. The van der Waals surface area contributed by atoms with Crippen molar-refractivity contribution in [3.05, 3.63) is 35.6 Å². The molecule has 2 rings (SSSR count). The standard InChI is InChI=1S/C16H25FN2O/c1-13(14-6-3-4-7-15(14)17)19(2)11-16(10-18)8-5-9-20-12-16/h3-4,6-7,13H,5,8-12,18H2,1-2H3. The summed E-state index contributed by atoms with van der Waals surface area (Å²) in [7, 11) is 2.03. The minimum atomic E-state index is -0.145. The Morgan fingerprint density at radius 1 is 1.45 bits per heavy atom. The van der Waals surface area contributed by atoms with E-state index >= 15 is 0 Å². The van der Waals surface area contributed by atoms with Crippen molar-refractivity contribution >= 4 is 0 Å². The SMILES string of the molecule is CC(c1ccccc1F)N(C)CC1(CN)CCCOC1. The molecule has 2 N–H and O–H groups in total. The van der Waals surface area contributed by atoms with Crippen LogP contribution in [0.2, 0.25) is 0 Å². The van der Waals surface area contributed by atoms with E-state index in [1.54, 1.807) is 6.07 Å². The van der Waals surface area contributed by atoms with Crippen LogP contribution in [0, 0.1) is 11.2 Å². The number of nitrogens with zero attached hydrogens (tertiary/aromatic N) is 1. The summed E-state index contributed by atoms with van der Waals surface area (Å²) in [5.74, 6) is -0.145. The van der Waals surface area contributed by atoms with E-state index in [2.05, 4.69) is 4.90 Å². The lowest BCUT2D eigenvalue weighted by Crippen LogP contribution is -2.47. The smallest absolute Gasteiger partial charge is 0.127 e. The molecule has 0 spiro atoms. The van der Waals surface area contributed by atoms with Crippen LogP contribution in [0.4, 0.5) is 4.39 Å². The van der Waals surface area contributed by atoms with Gasteiger partial charge in [0.25, 0.3) is 0 Å². The van der Waals surface area contributed by atoms with Gasteiger partial charge in [-0.25, -0.2) is 4.39 Å². The van der Waals surface area contributed by atoms with Gasteiger partial charge in [0.05, 0.1) is 6.61 Å². The van der Waals surface area contributed by atoms with Crippen molar-refractivity contribution in [2.24, 2.45) is 11.1 Å². The summed E-state index contributed by atoms with van der Waals surface area (Å²) in [6.45, 7) is 5.01. The van der Waals surface area contributed by atoms with Gasteiger partial charge in [-0.2, -0.15) is 0 Å². The Hall–Kier alpha value is -0.970. The molecule has 0 aliphatic carbocycles. The van der Waals surface area contributed by atoms with Gasteiger partial charge in [-0.05, 0) is 32.9 Å². The first kappa shape index (κ1) is 15.4. The van der Waals surface area contributed by atoms with Crippen molar-refractivity contribution in [1.29, 1.82) is 0 Å². The molecule has 0 radical (unpaired) electrons. The monoisotopic (exact) mass is 280 g/mol. The highest BCUT2D eigenvalue weighted by Crippen LogP contribution is 2.31. The van der Waals surface area contributed by atoms with Gasteiger partial charge in [-0.1, -0.05) is 18.2 Å². The van der Waals surface area contributed by atoms with Crippen LogP contribution in [0.25, 0.3) is 0 Å². The number of halogens is 1. The molecule has 1 aromatic rings. The van der Waals surface area contributed by atoms with E-state index < -0.39 is 0 Å². The molecule has 1 aliphatic heterocycles. The van der Waals surface area contributed by atoms with Crippen molar-refractivity contribution in [3.63, 3.8) is 0 Å². The minimum Gasteiger partial charge on any atom is -0.381 e. The minimum absolute atomic E-state index is 0.00646. The molecule has 0 aromatic heterocycles. The fraction of sp³-hybridized carbons (Fsp3) is 0.625. The average molecular weight is 280 g/mol. The lowest BCUT2D eigenvalue weighted by Gasteiger charge is -2.40. The molecule has 3 nitrogen and oxygen atoms in total. The summed E-state index contributed by atoms with van der Waals surface area (Å²) in [5, 5.41) is 0. The Balaban J connectivity index is 2.07. The Morgan fingerprint density at radius 3 is 2.80 bits per heavy atom. The summed E-state index contributed by atoms with van der Waals surface area (Å²) in [6.07, 6.45) is 2.14. The van der Waals surface area contributed by atoms with E-state index in [-0.39, 0.29) is 17.3 Å². The number of benzene rings is 1. The Labute approximate surface area is 120 Å². The van der Waals surface area contributed by atoms with Crippen LogP contribution in [-0.2, 0) is 4.74 Å². The van der Waals surface area contributed by atoms with E-state index in [0.717, 1.165) is 31.6 Å². The lowest BCUT2D eigenvalue weighted by molar-refractivity contribution is -0.0233. The molecule has 2 atom stereocenters. The Morgan fingerprint density at radius 2 is 2.20 bits per heavy atom. The van der Waals surface area contributed by atoms with E-state index in [4.69, 9.17) is 10.5 Å². The maximum atomic E-state index is 13.9. The highest BCUT2D eigenvalue weighted by molar-refractivity contribution is 5.20. The fourth-order valence-corrected chi connectivity index (χ4v) is 2.98. The molecule has 0 amide bonds. The number of hydrogen-bond donors (Lipinski definition) is 1. The summed E-state index contributed by atoms with van der Waals surface area (Å²) in [5.41, 5.74) is 6.72. The van der Waals surface area contributed by atoms with Gasteiger partial charge in [0, 0.05) is 36.7 Å². The van der Waals surface area contributed by atoms with Gasteiger partial charge in [0.1, 0.15) is 5.82 Å². The third-order valence-electron chi connectivity index (χ3n) is 4.44. The van der Waals surface area contributed by atoms with Crippen LogP contribution in [0.3, 0.4) is 0 Å². The van der Waals surface area contributed by atoms with Gasteiger partial charge < -0.3 is 10.5 Å². The molecule has 1 fully saturated rings. The molecule has 20 heavy (non-hydrogen) atoms. The van der Waals surface area contributed by atoms with E-state index in [0.29, 0.717) is 13.2 Å². The quantitative estimate of drug-likeness (QED) is 0.901. The first-order chi connectivity index (χ1) is 9.58. The van der Waals surface area contributed by atoms with Crippen LogP contribution < -0.4 is 5.73 Å². The normalized spacial score (nSPS) is 24.9. The van der Waals surface area contributed by atoms with Crippen LogP contribution in [0.5, 0.6) is 0 Å². The summed E-state index contributed by atoms with van der Waals surface area (Å²) < 4.78 is 19.5. The van der Waals surface area contributed by atoms with Crippen molar-refractivity contribution in [1.82, 2.24) is 4.90 Å². The van der Waals surface area contributed by atoms with E-state index in [1.807, 2.05) is 26.1 Å². The van der Waals surface area contributed by atoms with Gasteiger partial charge in [-0.15, -0.1) is 0 Å². The zero-order chi connectivity index (χ0) is 14.6. The molecule has 4 heteroatoms. The molecule has 1 saturated heterocycles. The third kappa shape index (κ3) is 3.37. The van der Waals surface area contributed by atoms with Crippen LogP contribution >= 0.6 is 0 Å².